The van der Waals surface area contributed by atoms with Crippen LogP contribution in [0, 0.1) is 6.92 Å². The van der Waals surface area contributed by atoms with E-state index in [1.54, 1.807) is 69.3 Å². The van der Waals surface area contributed by atoms with Crippen LogP contribution in [0.4, 0.5) is 5.69 Å². The minimum Gasteiger partial charge on any atom is -0.325 e. The molecule has 174 valence electrons. The summed E-state index contributed by atoms with van der Waals surface area (Å²) >= 11 is 0. The molecule has 1 heterocycles. The van der Waals surface area contributed by atoms with Gasteiger partial charge < -0.3 is 5.32 Å². The number of benzene rings is 2. The van der Waals surface area contributed by atoms with Crippen LogP contribution in [0.25, 0.3) is 0 Å². The number of nitrogens with zero attached hydrogens (tertiary/aromatic N) is 1. The zero-order valence-corrected chi connectivity index (χ0v) is 20.5. The van der Waals surface area contributed by atoms with E-state index in [1.165, 1.54) is 4.31 Å². The van der Waals surface area contributed by atoms with Crippen LogP contribution in [0.1, 0.15) is 39.2 Å². The molecule has 7 nitrogen and oxygen atoms in total. The van der Waals surface area contributed by atoms with Crippen LogP contribution in [0.2, 0.25) is 0 Å². The second-order valence-corrected chi connectivity index (χ2v) is 12.9. The van der Waals surface area contributed by atoms with Gasteiger partial charge in [0.05, 0.1) is 26.7 Å². The standard InChI is InChI=1S/C23H31N3O4S2/c1-17-12-14-19(15-13-17)32(29,30)26-16-8-11-20(26)21(25-31(28)23(2,3)4)22(27)24-18-9-6-5-7-10-18/h5-7,9-10,12-15,20-21,25H,8,11,16H2,1-4H3,(H,24,27)/t20-,21+,31?/m1/s1. The molecule has 0 spiro atoms. The Balaban J connectivity index is 1.93. The third-order valence-electron chi connectivity index (χ3n) is 5.37. The first-order chi connectivity index (χ1) is 15.0. The van der Waals surface area contributed by atoms with E-state index in [0.717, 1.165) is 5.56 Å². The Kier molecular flexibility index (Phi) is 7.54. The smallest absolute Gasteiger partial charge is 0.244 e. The Labute approximate surface area is 193 Å². The largest absolute Gasteiger partial charge is 0.325 e. The van der Waals surface area contributed by atoms with Crippen LogP contribution in [0.15, 0.2) is 59.5 Å². The number of rotatable bonds is 7. The first kappa shape index (κ1) is 24.6. The highest BCUT2D eigenvalue weighted by molar-refractivity contribution is 7.89. The maximum absolute atomic E-state index is 13.4. The lowest BCUT2D eigenvalue weighted by atomic mass is 10.1. The molecule has 0 saturated carbocycles. The number of anilines is 1. The van der Waals surface area contributed by atoms with Gasteiger partial charge >= 0.3 is 0 Å². The molecule has 3 rings (SSSR count). The number of carbonyl (C=O) groups is 1. The quantitative estimate of drug-likeness (QED) is 0.640. The molecule has 1 aliphatic rings. The summed E-state index contributed by atoms with van der Waals surface area (Å²) in [4.78, 5) is 13.5. The predicted octanol–water partition coefficient (Wildman–Crippen LogP) is 3.21. The van der Waals surface area contributed by atoms with E-state index in [-0.39, 0.29) is 4.90 Å². The van der Waals surface area contributed by atoms with E-state index in [1.807, 2.05) is 13.0 Å². The fourth-order valence-electron chi connectivity index (χ4n) is 3.58. The zero-order valence-electron chi connectivity index (χ0n) is 18.9. The van der Waals surface area contributed by atoms with Crippen molar-refractivity contribution >= 4 is 32.6 Å². The van der Waals surface area contributed by atoms with Crippen LogP contribution in [0.5, 0.6) is 0 Å². The number of sulfonamides is 1. The Morgan fingerprint density at radius 3 is 2.31 bits per heavy atom. The summed E-state index contributed by atoms with van der Waals surface area (Å²) in [7, 11) is -5.38. The molecule has 32 heavy (non-hydrogen) atoms. The molecule has 1 aliphatic heterocycles. The normalized spacial score (nSPS) is 19.4. The Morgan fingerprint density at radius 2 is 1.72 bits per heavy atom. The number of aryl methyl sites for hydroxylation is 1. The fourth-order valence-corrected chi connectivity index (χ4v) is 6.14. The van der Waals surface area contributed by atoms with Crippen LogP contribution >= 0.6 is 0 Å². The lowest BCUT2D eigenvalue weighted by molar-refractivity contribution is -0.118. The second-order valence-electron chi connectivity index (χ2n) is 8.97. The summed E-state index contributed by atoms with van der Waals surface area (Å²) in [6.45, 7) is 7.61. The third-order valence-corrected chi connectivity index (χ3v) is 8.89. The van der Waals surface area contributed by atoms with Gasteiger partial charge in [0.15, 0.2) is 0 Å². The average molecular weight is 478 g/mol. The van der Waals surface area contributed by atoms with Crippen molar-refractivity contribution in [2.45, 2.75) is 62.3 Å². The Bertz CT molecular complexity index is 1060. The molecule has 1 fully saturated rings. The monoisotopic (exact) mass is 477 g/mol. The number of nitrogens with one attached hydrogen (secondary N) is 2. The Hall–Kier alpha value is -2.07. The molecule has 1 unspecified atom stereocenters. The van der Waals surface area contributed by atoms with Crippen LogP contribution in [0.3, 0.4) is 0 Å². The van der Waals surface area contributed by atoms with Crippen molar-refractivity contribution in [1.82, 2.24) is 9.03 Å². The summed E-state index contributed by atoms with van der Waals surface area (Å²) in [5.74, 6) is -0.412. The van der Waals surface area contributed by atoms with Crippen molar-refractivity contribution in [2.75, 3.05) is 11.9 Å². The minimum absolute atomic E-state index is 0.189. The van der Waals surface area contributed by atoms with Gasteiger partial charge in [-0.2, -0.15) is 4.31 Å². The molecule has 2 aromatic rings. The summed E-state index contributed by atoms with van der Waals surface area (Å²) in [5, 5.41) is 2.84. The van der Waals surface area contributed by atoms with Gasteiger partial charge in [0.2, 0.25) is 15.9 Å². The third kappa shape index (κ3) is 5.64. The van der Waals surface area contributed by atoms with Gasteiger partial charge in [0.1, 0.15) is 6.04 Å². The van der Waals surface area contributed by atoms with Crippen molar-refractivity contribution in [1.29, 1.82) is 0 Å². The van der Waals surface area contributed by atoms with E-state index in [4.69, 9.17) is 0 Å². The lowest BCUT2D eigenvalue weighted by Crippen LogP contribution is -2.56. The minimum atomic E-state index is -3.81. The Morgan fingerprint density at radius 1 is 1.09 bits per heavy atom. The summed E-state index contributed by atoms with van der Waals surface area (Å²) in [6.07, 6.45) is 1.11. The molecule has 9 heteroatoms. The van der Waals surface area contributed by atoms with Crippen molar-refractivity contribution in [3.05, 3.63) is 60.2 Å². The van der Waals surface area contributed by atoms with Crippen molar-refractivity contribution in [3.63, 3.8) is 0 Å². The average Bonchev–Trinajstić information content (AvgIpc) is 3.22. The van der Waals surface area contributed by atoms with Crippen molar-refractivity contribution < 1.29 is 17.4 Å². The maximum Gasteiger partial charge on any atom is 0.244 e. The topological polar surface area (TPSA) is 95.6 Å². The molecule has 1 amide bonds. The summed E-state index contributed by atoms with van der Waals surface area (Å²) in [5.41, 5.74) is 1.56. The summed E-state index contributed by atoms with van der Waals surface area (Å²) < 4.78 is 43.4. The second kappa shape index (κ2) is 9.82. The van der Waals surface area contributed by atoms with Crippen molar-refractivity contribution in [3.8, 4) is 0 Å². The predicted molar refractivity (Wildman–Crippen MR) is 128 cm³/mol. The van der Waals surface area contributed by atoms with Gasteiger partial charge in [-0.25, -0.2) is 17.3 Å². The first-order valence-electron chi connectivity index (χ1n) is 10.6. The first-order valence-corrected chi connectivity index (χ1v) is 13.2. The van der Waals surface area contributed by atoms with E-state index in [0.29, 0.717) is 25.1 Å². The number of hydrogen-bond donors (Lipinski definition) is 2. The lowest BCUT2D eigenvalue weighted by Gasteiger charge is -2.32. The van der Waals surface area contributed by atoms with Crippen molar-refractivity contribution in [2.24, 2.45) is 0 Å². The number of para-hydroxylation sites is 1. The highest BCUT2D eigenvalue weighted by atomic mass is 32.2. The van der Waals surface area contributed by atoms with E-state index >= 15 is 0 Å². The van der Waals surface area contributed by atoms with Gasteiger partial charge in [-0.3, -0.25) is 4.79 Å². The van der Waals surface area contributed by atoms with Crippen LogP contribution < -0.4 is 10.0 Å². The molecule has 2 N–H and O–H groups in total. The highest BCUT2D eigenvalue weighted by Crippen LogP contribution is 2.29. The van der Waals surface area contributed by atoms with Gasteiger partial charge in [-0.1, -0.05) is 35.9 Å². The molecule has 0 radical (unpaired) electrons. The van der Waals surface area contributed by atoms with Gasteiger partial charge in [-0.05, 0) is 64.8 Å². The number of carbonyl (C=O) groups excluding carboxylic acids is 1. The van der Waals surface area contributed by atoms with Crippen LogP contribution in [-0.4, -0.2) is 46.2 Å². The summed E-state index contributed by atoms with van der Waals surface area (Å²) in [6, 6.07) is 14.0. The van der Waals surface area contributed by atoms with E-state index in [2.05, 4.69) is 10.0 Å². The molecule has 0 aromatic heterocycles. The molecule has 1 saturated heterocycles. The van der Waals surface area contributed by atoms with E-state index in [9.17, 15) is 17.4 Å². The highest BCUT2D eigenvalue weighted by Gasteiger charge is 2.43. The van der Waals surface area contributed by atoms with Gasteiger partial charge in [-0.15, -0.1) is 0 Å². The SMILES string of the molecule is Cc1ccc(S(=O)(=O)N2CCC[C@@H]2[C@H](NS(=O)C(C)(C)C)C(=O)Nc2ccccc2)cc1. The zero-order chi connectivity index (χ0) is 23.5. The van der Waals surface area contributed by atoms with Gasteiger partial charge in [0.25, 0.3) is 0 Å². The number of hydrogen-bond acceptors (Lipinski definition) is 4. The number of amides is 1. The molecule has 3 atom stereocenters. The van der Waals surface area contributed by atoms with E-state index < -0.39 is 43.7 Å². The molecule has 2 aromatic carbocycles. The van der Waals surface area contributed by atoms with Gasteiger partial charge in [0, 0.05) is 12.2 Å². The molecular weight excluding hydrogens is 446 g/mol. The maximum atomic E-state index is 13.4. The molecule has 0 aliphatic carbocycles. The molecular formula is C23H31N3O4S2. The van der Waals surface area contributed by atoms with Crippen LogP contribution in [-0.2, 0) is 25.8 Å². The molecule has 0 bridgehead atoms. The fraction of sp³-hybridized carbons (Fsp3) is 0.435.